The lowest BCUT2D eigenvalue weighted by Crippen LogP contribution is -2.05. The molecule has 0 spiro atoms. The van der Waals surface area contributed by atoms with Crippen LogP contribution in [0.1, 0.15) is 31.9 Å². The highest BCUT2D eigenvalue weighted by Crippen LogP contribution is 2.58. The number of rotatable bonds is 8. The van der Waals surface area contributed by atoms with Gasteiger partial charge in [0.05, 0.1) is 28.3 Å². The molecular weight excluding hydrogens is 392 g/mol. The molecule has 0 saturated carbocycles. The summed E-state index contributed by atoms with van der Waals surface area (Å²) in [5.74, 6) is 0.654. The zero-order valence-corrected chi connectivity index (χ0v) is 16.7. The highest BCUT2D eigenvalue weighted by atomic mass is 32.2. The predicted molar refractivity (Wildman–Crippen MR) is 101 cm³/mol. The van der Waals surface area contributed by atoms with E-state index in [1.165, 1.54) is 30.0 Å². The number of benzene rings is 1. The van der Waals surface area contributed by atoms with Crippen molar-refractivity contribution >= 4 is 41.8 Å². The van der Waals surface area contributed by atoms with Crippen LogP contribution in [0, 0.1) is 0 Å². The van der Waals surface area contributed by atoms with Crippen LogP contribution in [0.15, 0.2) is 29.6 Å². The minimum absolute atomic E-state index is 0.154. The number of thiocarbonyl (C=S) groups is 1. The fourth-order valence-corrected chi connectivity index (χ4v) is 5.21. The molecular formula is C16H20F3O3PS2. The lowest BCUT2D eigenvalue weighted by molar-refractivity contribution is -0.137. The summed E-state index contributed by atoms with van der Waals surface area (Å²) in [5.41, 5.74) is -0.323. The van der Waals surface area contributed by atoms with E-state index in [2.05, 4.69) is 0 Å². The van der Waals surface area contributed by atoms with Crippen LogP contribution in [-0.4, -0.2) is 23.2 Å². The summed E-state index contributed by atoms with van der Waals surface area (Å²) in [6.07, 6.45) is -2.94. The zero-order valence-electron chi connectivity index (χ0n) is 14.1. The van der Waals surface area contributed by atoms with Crippen LogP contribution in [0.2, 0.25) is 0 Å². The third-order valence-electron chi connectivity index (χ3n) is 2.92. The van der Waals surface area contributed by atoms with Crippen molar-refractivity contribution in [2.24, 2.45) is 0 Å². The van der Waals surface area contributed by atoms with Crippen LogP contribution >= 0.6 is 31.6 Å². The van der Waals surface area contributed by atoms with E-state index in [1.807, 2.05) is 6.92 Å². The number of thioether (sulfide) groups is 1. The molecule has 0 amide bonds. The second kappa shape index (κ2) is 9.88. The molecule has 1 aromatic carbocycles. The largest absolute Gasteiger partial charge is 0.416 e. The van der Waals surface area contributed by atoms with Crippen molar-refractivity contribution < 1.29 is 26.8 Å². The van der Waals surface area contributed by atoms with Gasteiger partial charge in [-0.1, -0.05) is 31.3 Å². The maximum Gasteiger partial charge on any atom is 0.416 e. The molecule has 1 aromatic rings. The van der Waals surface area contributed by atoms with Gasteiger partial charge in [-0.2, -0.15) is 13.2 Å². The predicted octanol–water partition coefficient (Wildman–Crippen LogP) is 6.39. The molecule has 1 rings (SSSR count). The van der Waals surface area contributed by atoms with E-state index in [0.717, 1.165) is 12.1 Å². The number of hydrogen-bond acceptors (Lipinski definition) is 5. The molecule has 140 valence electrons. The average Bonchev–Trinajstić information content (AvgIpc) is 2.52. The van der Waals surface area contributed by atoms with E-state index >= 15 is 0 Å². The Labute approximate surface area is 155 Å². The van der Waals surface area contributed by atoms with Gasteiger partial charge in [0, 0.05) is 0 Å². The molecule has 0 N–H and O–H groups in total. The van der Waals surface area contributed by atoms with Gasteiger partial charge in [-0.25, -0.2) is 0 Å². The Morgan fingerprint density at radius 2 is 1.68 bits per heavy atom. The van der Waals surface area contributed by atoms with Gasteiger partial charge in [0.15, 0.2) is 0 Å². The van der Waals surface area contributed by atoms with Crippen LogP contribution in [0.5, 0.6) is 0 Å². The molecule has 0 atom stereocenters. The minimum Gasteiger partial charge on any atom is -0.305 e. The molecule has 0 aliphatic carbocycles. The molecule has 9 heteroatoms. The highest BCUT2D eigenvalue weighted by Gasteiger charge is 2.33. The Hall–Kier alpha value is -0.660. The molecule has 3 nitrogen and oxygen atoms in total. The fourth-order valence-electron chi connectivity index (χ4n) is 1.90. The summed E-state index contributed by atoms with van der Waals surface area (Å²) in [5, 5.41) is 0.192. The van der Waals surface area contributed by atoms with Crippen molar-refractivity contribution in [3.63, 3.8) is 0 Å². The Bertz CT molecular complexity index is 648. The third kappa shape index (κ3) is 6.53. The van der Waals surface area contributed by atoms with Gasteiger partial charge in [-0.05, 0) is 43.4 Å². The summed E-state index contributed by atoms with van der Waals surface area (Å²) in [6, 6.07) is 4.52. The van der Waals surface area contributed by atoms with Crippen LogP contribution in [0.3, 0.4) is 0 Å². The third-order valence-corrected chi connectivity index (χ3v) is 6.70. The van der Waals surface area contributed by atoms with Gasteiger partial charge in [0.25, 0.3) is 0 Å². The highest BCUT2D eigenvalue weighted by molar-refractivity contribution is 8.24. The van der Waals surface area contributed by atoms with E-state index in [0.29, 0.717) is 15.5 Å². The van der Waals surface area contributed by atoms with Crippen molar-refractivity contribution in [3.05, 3.63) is 40.7 Å². The number of hydrogen-bond donors (Lipinski definition) is 0. The normalized spacial score (nSPS) is 13.1. The van der Waals surface area contributed by atoms with Gasteiger partial charge < -0.3 is 9.05 Å². The molecule has 25 heavy (non-hydrogen) atoms. The van der Waals surface area contributed by atoms with Crippen LogP contribution in [0.25, 0.3) is 6.08 Å². The van der Waals surface area contributed by atoms with Crippen molar-refractivity contribution in [2.75, 3.05) is 19.0 Å². The van der Waals surface area contributed by atoms with Crippen molar-refractivity contribution in [2.45, 2.75) is 26.9 Å². The van der Waals surface area contributed by atoms with Crippen LogP contribution in [-0.2, 0) is 19.8 Å². The molecule has 0 aromatic heterocycles. The van der Waals surface area contributed by atoms with E-state index in [4.69, 9.17) is 21.3 Å². The summed E-state index contributed by atoms with van der Waals surface area (Å²) < 4.78 is 62.1. The standard InChI is InChI=1S/C16H20F3O3PS2/c1-4-21-23(20,22-5-2)14(15(24)25-6-3)11-12-7-9-13(10-8-12)16(17,18)19/h7-11H,4-6H2,1-3H3/b14-11+. The molecule has 0 bridgehead atoms. The molecule has 0 heterocycles. The van der Waals surface area contributed by atoms with Crippen LogP contribution in [0.4, 0.5) is 13.2 Å². The van der Waals surface area contributed by atoms with Gasteiger partial charge in [-0.15, -0.1) is 11.8 Å². The molecule has 0 aliphatic rings. The van der Waals surface area contributed by atoms with E-state index in [-0.39, 0.29) is 18.5 Å². The Kier molecular flexibility index (Phi) is 8.84. The fraction of sp³-hybridized carbons (Fsp3) is 0.438. The van der Waals surface area contributed by atoms with Crippen molar-refractivity contribution in [1.29, 1.82) is 0 Å². The number of halogens is 3. The zero-order chi connectivity index (χ0) is 19.1. The monoisotopic (exact) mass is 412 g/mol. The van der Waals surface area contributed by atoms with Crippen LogP contribution < -0.4 is 0 Å². The summed E-state index contributed by atoms with van der Waals surface area (Å²) >= 11 is 6.61. The summed E-state index contributed by atoms with van der Waals surface area (Å²) in [4.78, 5) is 0. The topological polar surface area (TPSA) is 35.5 Å². The molecule has 0 saturated heterocycles. The first kappa shape index (κ1) is 22.4. The minimum atomic E-state index is -4.41. The molecule has 0 fully saturated rings. The SMILES string of the molecule is CCOP(=O)(OCC)/C(=C/c1ccc(C(F)(F)F)cc1)C(=S)SCC. The Balaban J connectivity index is 3.33. The molecule has 0 unspecified atom stereocenters. The van der Waals surface area contributed by atoms with E-state index in [9.17, 15) is 17.7 Å². The van der Waals surface area contributed by atoms with Crippen molar-refractivity contribution in [1.82, 2.24) is 0 Å². The van der Waals surface area contributed by atoms with E-state index < -0.39 is 19.3 Å². The van der Waals surface area contributed by atoms with Crippen molar-refractivity contribution in [3.8, 4) is 0 Å². The van der Waals surface area contributed by atoms with E-state index in [1.54, 1.807) is 13.8 Å². The Morgan fingerprint density at radius 3 is 2.08 bits per heavy atom. The lowest BCUT2D eigenvalue weighted by atomic mass is 10.1. The van der Waals surface area contributed by atoms with Gasteiger partial charge in [0.1, 0.15) is 0 Å². The maximum atomic E-state index is 13.1. The first-order valence-electron chi connectivity index (χ1n) is 7.63. The van der Waals surface area contributed by atoms with Gasteiger partial charge >= 0.3 is 13.8 Å². The maximum absolute atomic E-state index is 13.1. The Morgan fingerprint density at radius 1 is 1.16 bits per heavy atom. The van der Waals surface area contributed by atoms with Gasteiger partial charge in [0.2, 0.25) is 0 Å². The second-order valence-corrected chi connectivity index (χ2v) is 8.64. The quantitative estimate of drug-likeness (QED) is 0.281. The smallest absolute Gasteiger partial charge is 0.305 e. The number of alkyl halides is 3. The first-order chi connectivity index (χ1) is 11.7. The average molecular weight is 412 g/mol. The summed E-state index contributed by atoms with van der Waals surface area (Å²) in [7, 11) is -3.65. The first-order valence-corrected chi connectivity index (χ1v) is 10.6. The molecule has 0 aliphatic heterocycles. The summed E-state index contributed by atoms with van der Waals surface area (Å²) in [6.45, 7) is 5.55. The molecule has 0 radical (unpaired) electrons. The van der Waals surface area contributed by atoms with Gasteiger partial charge in [-0.3, -0.25) is 4.57 Å². The second-order valence-electron chi connectivity index (χ2n) is 4.70. The lowest BCUT2D eigenvalue weighted by Gasteiger charge is -2.20.